The van der Waals surface area contributed by atoms with E-state index in [1.165, 1.54) is 4.90 Å². The largest absolute Gasteiger partial charge is 0.272 e. The van der Waals surface area contributed by atoms with Crippen molar-refractivity contribution in [3.63, 3.8) is 0 Å². The van der Waals surface area contributed by atoms with Gasteiger partial charge in [0.2, 0.25) is 0 Å². The van der Waals surface area contributed by atoms with Gasteiger partial charge in [0.15, 0.2) is 0 Å². The van der Waals surface area contributed by atoms with Crippen LogP contribution < -0.4 is 10.5 Å². The zero-order chi connectivity index (χ0) is 19.1. The Morgan fingerprint density at radius 2 is 1.56 bits per heavy atom. The van der Waals surface area contributed by atoms with Gasteiger partial charge in [-0.2, -0.15) is 5.10 Å². The van der Waals surface area contributed by atoms with E-state index in [1.807, 2.05) is 36.4 Å². The van der Waals surface area contributed by atoms with Crippen LogP contribution in [-0.2, 0) is 16.0 Å². The van der Waals surface area contributed by atoms with E-state index in [4.69, 9.17) is 0 Å². The fourth-order valence-corrected chi connectivity index (χ4v) is 3.29. The average molecular weight is 359 g/mol. The second-order valence-electron chi connectivity index (χ2n) is 6.59. The average Bonchev–Trinajstić information content (AvgIpc) is 2.87. The van der Waals surface area contributed by atoms with Crippen LogP contribution in [0.3, 0.4) is 0 Å². The van der Waals surface area contributed by atoms with E-state index in [2.05, 4.69) is 10.2 Å². The van der Waals surface area contributed by atoms with Crippen LogP contribution in [0.2, 0.25) is 0 Å². The second-order valence-corrected chi connectivity index (χ2v) is 6.59. The number of fused-ring (bicyclic) bond motifs is 1. The molecular formula is C21H17N3O3. The summed E-state index contributed by atoms with van der Waals surface area (Å²) in [5, 5.41) is 8.09. The van der Waals surface area contributed by atoms with Crippen molar-refractivity contribution in [1.29, 1.82) is 0 Å². The summed E-state index contributed by atoms with van der Waals surface area (Å²) >= 11 is 0. The Balaban J connectivity index is 1.71. The maximum Gasteiger partial charge on any atom is 0.272 e. The molecule has 1 aromatic heterocycles. The van der Waals surface area contributed by atoms with Crippen molar-refractivity contribution in [2.24, 2.45) is 0 Å². The molecule has 2 aromatic carbocycles. The maximum atomic E-state index is 12.4. The SMILES string of the molecule is CC1=C(C)C(=O)N(c2cccc(Cc3n[nH]c(=O)c4ccccc34)c2)C1=O. The van der Waals surface area contributed by atoms with E-state index in [1.54, 1.807) is 26.0 Å². The maximum absolute atomic E-state index is 12.4. The summed E-state index contributed by atoms with van der Waals surface area (Å²) in [6.45, 7) is 3.32. The van der Waals surface area contributed by atoms with Crippen LogP contribution in [0.1, 0.15) is 25.1 Å². The molecule has 1 aliphatic rings. The molecule has 0 spiro atoms. The number of imide groups is 1. The highest BCUT2D eigenvalue weighted by molar-refractivity contribution is 6.32. The minimum atomic E-state index is -0.290. The summed E-state index contributed by atoms with van der Waals surface area (Å²) in [6.07, 6.45) is 0.465. The van der Waals surface area contributed by atoms with Crippen LogP contribution in [0.15, 0.2) is 64.5 Å². The van der Waals surface area contributed by atoms with E-state index in [0.717, 1.165) is 16.6 Å². The quantitative estimate of drug-likeness (QED) is 0.729. The van der Waals surface area contributed by atoms with Crippen LogP contribution in [0, 0.1) is 0 Å². The molecule has 3 aromatic rings. The molecule has 4 rings (SSSR count). The van der Waals surface area contributed by atoms with E-state index in [-0.39, 0.29) is 17.4 Å². The van der Waals surface area contributed by atoms with Gasteiger partial charge in [-0.05, 0) is 37.6 Å². The van der Waals surface area contributed by atoms with Crippen LogP contribution in [0.25, 0.3) is 10.8 Å². The van der Waals surface area contributed by atoms with Crippen molar-refractivity contribution < 1.29 is 9.59 Å². The zero-order valence-corrected chi connectivity index (χ0v) is 14.9. The number of hydrogen-bond acceptors (Lipinski definition) is 4. The zero-order valence-electron chi connectivity index (χ0n) is 14.9. The molecule has 0 aliphatic carbocycles. The number of carbonyl (C=O) groups excluding carboxylic acids is 2. The van der Waals surface area contributed by atoms with E-state index in [9.17, 15) is 14.4 Å². The molecule has 2 amide bonds. The summed E-state index contributed by atoms with van der Waals surface area (Å²) in [5.74, 6) is -0.579. The number of amides is 2. The molecule has 0 fully saturated rings. The molecule has 0 atom stereocenters. The first-order chi connectivity index (χ1) is 13.0. The third-order valence-electron chi connectivity index (χ3n) is 4.93. The Morgan fingerprint density at radius 3 is 2.26 bits per heavy atom. The number of rotatable bonds is 3. The number of nitrogens with one attached hydrogen (secondary N) is 1. The minimum absolute atomic E-state index is 0.228. The van der Waals surface area contributed by atoms with Crippen molar-refractivity contribution in [2.45, 2.75) is 20.3 Å². The van der Waals surface area contributed by atoms with Crippen molar-refractivity contribution in [1.82, 2.24) is 10.2 Å². The topological polar surface area (TPSA) is 83.1 Å². The third kappa shape index (κ3) is 2.75. The molecule has 0 radical (unpaired) electrons. The number of carbonyl (C=O) groups is 2. The van der Waals surface area contributed by atoms with Gasteiger partial charge in [0, 0.05) is 23.0 Å². The molecule has 6 heteroatoms. The first-order valence-electron chi connectivity index (χ1n) is 8.59. The van der Waals surface area contributed by atoms with Crippen molar-refractivity contribution in [3.8, 4) is 0 Å². The number of aromatic amines is 1. The van der Waals surface area contributed by atoms with Gasteiger partial charge >= 0.3 is 0 Å². The molecule has 6 nitrogen and oxygen atoms in total. The predicted octanol–water partition coefficient (Wildman–Crippen LogP) is 2.72. The van der Waals surface area contributed by atoms with Gasteiger partial charge in [-0.1, -0.05) is 30.3 Å². The Hall–Kier alpha value is -3.54. The fraction of sp³-hybridized carbons (Fsp3) is 0.143. The standard InChI is InChI=1S/C21H17N3O3/c1-12-13(2)21(27)24(20(12)26)15-7-5-6-14(10-15)11-18-16-8-3-4-9-17(16)19(25)23-22-18/h3-10H,11H2,1-2H3,(H,23,25). The lowest BCUT2D eigenvalue weighted by molar-refractivity contribution is -0.120. The number of nitrogens with zero attached hydrogens (tertiary/aromatic N) is 2. The fourth-order valence-electron chi connectivity index (χ4n) is 3.29. The molecule has 1 N–H and O–H groups in total. The number of H-pyrrole nitrogens is 1. The molecular weight excluding hydrogens is 342 g/mol. The highest BCUT2D eigenvalue weighted by Gasteiger charge is 2.34. The monoisotopic (exact) mass is 359 g/mol. The molecule has 0 saturated carbocycles. The summed E-state index contributed by atoms with van der Waals surface area (Å²) in [7, 11) is 0. The van der Waals surface area contributed by atoms with Crippen molar-refractivity contribution in [3.05, 3.63) is 81.3 Å². The van der Waals surface area contributed by atoms with Gasteiger partial charge in [-0.25, -0.2) is 10.00 Å². The highest BCUT2D eigenvalue weighted by Crippen LogP contribution is 2.28. The van der Waals surface area contributed by atoms with Gasteiger partial charge in [-0.3, -0.25) is 14.4 Å². The molecule has 0 unspecified atom stereocenters. The lowest BCUT2D eigenvalue weighted by Gasteiger charge is -2.16. The second kappa shape index (κ2) is 6.32. The predicted molar refractivity (Wildman–Crippen MR) is 102 cm³/mol. The van der Waals surface area contributed by atoms with Gasteiger partial charge in [0.1, 0.15) is 0 Å². The molecule has 134 valence electrons. The Bertz CT molecular complexity index is 1170. The first-order valence-corrected chi connectivity index (χ1v) is 8.59. The van der Waals surface area contributed by atoms with E-state index >= 15 is 0 Å². The smallest absolute Gasteiger partial charge is 0.269 e. The summed E-state index contributed by atoms with van der Waals surface area (Å²) in [6, 6.07) is 14.6. The minimum Gasteiger partial charge on any atom is -0.269 e. The lowest BCUT2D eigenvalue weighted by Crippen LogP contribution is -2.31. The van der Waals surface area contributed by atoms with E-state index in [0.29, 0.717) is 28.6 Å². The number of benzene rings is 2. The van der Waals surface area contributed by atoms with Gasteiger partial charge in [0.25, 0.3) is 17.4 Å². The first kappa shape index (κ1) is 16.9. The highest BCUT2D eigenvalue weighted by atomic mass is 16.2. The Labute approximate surface area is 155 Å². The lowest BCUT2D eigenvalue weighted by atomic mass is 10.0. The van der Waals surface area contributed by atoms with Crippen LogP contribution >= 0.6 is 0 Å². The van der Waals surface area contributed by atoms with E-state index < -0.39 is 0 Å². The molecule has 1 aliphatic heterocycles. The summed E-state index contributed by atoms with van der Waals surface area (Å²) < 4.78 is 0. The van der Waals surface area contributed by atoms with Crippen molar-refractivity contribution >= 4 is 28.3 Å². The van der Waals surface area contributed by atoms with Gasteiger partial charge in [-0.15, -0.1) is 0 Å². The summed E-state index contributed by atoms with van der Waals surface area (Å²) in [4.78, 5) is 37.9. The molecule has 2 heterocycles. The Morgan fingerprint density at radius 1 is 0.889 bits per heavy atom. The third-order valence-corrected chi connectivity index (χ3v) is 4.93. The molecule has 0 bridgehead atoms. The van der Waals surface area contributed by atoms with Crippen LogP contribution in [0.4, 0.5) is 5.69 Å². The number of anilines is 1. The number of hydrogen-bond donors (Lipinski definition) is 1. The molecule has 27 heavy (non-hydrogen) atoms. The normalized spacial score (nSPS) is 14.5. The Kier molecular flexibility index (Phi) is 3.96. The van der Waals surface area contributed by atoms with Crippen molar-refractivity contribution in [2.75, 3.05) is 4.90 Å². The summed E-state index contributed by atoms with van der Waals surface area (Å²) in [5.41, 5.74) is 2.87. The number of aromatic nitrogens is 2. The van der Waals surface area contributed by atoms with Crippen LogP contribution in [-0.4, -0.2) is 22.0 Å². The van der Waals surface area contributed by atoms with Crippen LogP contribution in [0.5, 0.6) is 0 Å². The molecule has 0 saturated heterocycles. The van der Waals surface area contributed by atoms with Gasteiger partial charge < -0.3 is 0 Å². The van der Waals surface area contributed by atoms with Gasteiger partial charge in [0.05, 0.1) is 16.8 Å².